The molecule has 0 aliphatic rings. The second-order valence-electron chi connectivity index (χ2n) is 3.62. The molecule has 90 valence electrons. The van der Waals surface area contributed by atoms with Crippen molar-refractivity contribution in [2.24, 2.45) is 0 Å². The van der Waals surface area contributed by atoms with Crippen molar-refractivity contribution in [2.45, 2.75) is 6.04 Å². The molecule has 2 nitrogen and oxygen atoms in total. The Morgan fingerprint density at radius 3 is 2.71 bits per heavy atom. The molecule has 0 aliphatic heterocycles. The maximum Gasteiger partial charge on any atom is 0.120 e. The molecule has 0 radical (unpaired) electrons. The highest BCUT2D eigenvalue weighted by Crippen LogP contribution is 2.32. The molecule has 1 N–H and O–H groups in total. The Morgan fingerprint density at radius 2 is 2.18 bits per heavy atom. The van der Waals surface area contributed by atoms with E-state index in [1.807, 2.05) is 31.3 Å². The Kier molecular flexibility index (Phi) is 4.05. The van der Waals surface area contributed by atoms with Crippen LogP contribution in [0, 0.1) is 0 Å². The Bertz CT molecular complexity index is 484. The van der Waals surface area contributed by atoms with Gasteiger partial charge in [-0.25, -0.2) is 0 Å². The molecule has 1 aromatic heterocycles. The highest BCUT2D eigenvalue weighted by molar-refractivity contribution is 7.10. The van der Waals surface area contributed by atoms with Crippen LogP contribution in [0.2, 0.25) is 5.02 Å². The molecule has 0 saturated heterocycles. The van der Waals surface area contributed by atoms with E-state index in [1.54, 1.807) is 18.4 Å². The largest absolute Gasteiger partial charge is 0.497 e. The van der Waals surface area contributed by atoms with E-state index >= 15 is 0 Å². The number of rotatable bonds is 4. The van der Waals surface area contributed by atoms with Crippen LogP contribution in [0.25, 0.3) is 0 Å². The van der Waals surface area contributed by atoms with E-state index in [4.69, 9.17) is 16.3 Å². The number of thiophene rings is 1. The van der Waals surface area contributed by atoms with Crippen molar-refractivity contribution in [3.8, 4) is 5.75 Å². The van der Waals surface area contributed by atoms with Crippen LogP contribution in [0.5, 0.6) is 5.75 Å². The fourth-order valence-electron chi connectivity index (χ4n) is 1.78. The average Bonchev–Trinajstić information content (AvgIpc) is 2.85. The number of hydrogen-bond acceptors (Lipinski definition) is 3. The quantitative estimate of drug-likeness (QED) is 0.912. The predicted molar refractivity (Wildman–Crippen MR) is 73.2 cm³/mol. The summed E-state index contributed by atoms with van der Waals surface area (Å²) in [6.07, 6.45) is 0. The summed E-state index contributed by atoms with van der Waals surface area (Å²) in [5.41, 5.74) is 1.07. The maximum absolute atomic E-state index is 6.28. The first-order chi connectivity index (χ1) is 8.26. The van der Waals surface area contributed by atoms with Crippen LogP contribution in [0.1, 0.15) is 16.5 Å². The lowest BCUT2D eigenvalue weighted by atomic mass is 10.1. The fourth-order valence-corrected chi connectivity index (χ4v) is 2.91. The molecule has 0 spiro atoms. The summed E-state index contributed by atoms with van der Waals surface area (Å²) in [4.78, 5) is 1.25. The molecule has 0 bridgehead atoms. The molecule has 1 heterocycles. The van der Waals surface area contributed by atoms with Gasteiger partial charge in [-0.1, -0.05) is 23.7 Å². The highest BCUT2D eigenvalue weighted by Gasteiger charge is 2.16. The fraction of sp³-hybridized carbons (Fsp3) is 0.231. The lowest BCUT2D eigenvalue weighted by Crippen LogP contribution is -2.16. The predicted octanol–water partition coefficient (Wildman–Crippen LogP) is 3.72. The van der Waals surface area contributed by atoms with Crippen LogP contribution in [0.4, 0.5) is 0 Å². The SMILES string of the molecule is CNC(c1cccs1)c1ccc(OC)cc1Cl. The van der Waals surface area contributed by atoms with E-state index in [9.17, 15) is 0 Å². The minimum atomic E-state index is 0.133. The van der Waals surface area contributed by atoms with Gasteiger partial charge >= 0.3 is 0 Å². The number of ether oxygens (including phenoxy) is 1. The highest BCUT2D eigenvalue weighted by atomic mass is 35.5. The number of halogens is 1. The molecular weight excluding hydrogens is 254 g/mol. The molecule has 0 amide bonds. The number of nitrogens with one attached hydrogen (secondary N) is 1. The third kappa shape index (κ3) is 2.63. The molecule has 1 unspecified atom stereocenters. The Morgan fingerprint density at radius 1 is 1.35 bits per heavy atom. The van der Waals surface area contributed by atoms with Crippen LogP contribution in [-0.2, 0) is 0 Å². The first-order valence-corrected chi connectivity index (χ1v) is 6.56. The summed E-state index contributed by atoms with van der Waals surface area (Å²) >= 11 is 8.00. The maximum atomic E-state index is 6.28. The standard InChI is InChI=1S/C13H14ClNOS/c1-15-13(12-4-3-7-17-12)10-6-5-9(16-2)8-11(10)14/h3-8,13,15H,1-2H3. The van der Waals surface area contributed by atoms with Gasteiger partial charge in [0.05, 0.1) is 13.2 Å². The van der Waals surface area contributed by atoms with E-state index < -0.39 is 0 Å². The molecule has 1 aromatic carbocycles. The first-order valence-electron chi connectivity index (χ1n) is 5.30. The topological polar surface area (TPSA) is 21.3 Å². The van der Waals surface area contributed by atoms with Crippen LogP contribution in [0.3, 0.4) is 0 Å². The normalized spacial score (nSPS) is 12.4. The van der Waals surface area contributed by atoms with Crippen molar-refractivity contribution in [1.82, 2.24) is 5.32 Å². The first kappa shape index (κ1) is 12.4. The minimum absolute atomic E-state index is 0.133. The third-order valence-electron chi connectivity index (χ3n) is 2.63. The summed E-state index contributed by atoms with van der Waals surface area (Å²) in [5, 5.41) is 6.07. The third-order valence-corrected chi connectivity index (χ3v) is 3.90. The average molecular weight is 268 g/mol. The minimum Gasteiger partial charge on any atom is -0.497 e. The summed E-state index contributed by atoms with van der Waals surface area (Å²) in [5.74, 6) is 0.778. The molecule has 2 rings (SSSR count). The van der Waals surface area contributed by atoms with Gasteiger partial charge in [-0.15, -0.1) is 11.3 Å². The van der Waals surface area contributed by atoms with Gasteiger partial charge in [0.2, 0.25) is 0 Å². The van der Waals surface area contributed by atoms with E-state index in [-0.39, 0.29) is 6.04 Å². The summed E-state index contributed by atoms with van der Waals surface area (Å²) < 4.78 is 5.15. The van der Waals surface area contributed by atoms with Gasteiger partial charge in [0.25, 0.3) is 0 Å². The van der Waals surface area contributed by atoms with Crippen molar-refractivity contribution >= 4 is 22.9 Å². The Balaban J connectivity index is 2.38. The molecule has 0 saturated carbocycles. The smallest absolute Gasteiger partial charge is 0.120 e. The zero-order valence-electron chi connectivity index (χ0n) is 9.74. The summed E-state index contributed by atoms with van der Waals surface area (Å²) in [6, 6.07) is 10.1. The van der Waals surface area contributed by atoms with Crippen molar-refractivity contribution in [1.29, 1.82) is 0 Å². The van der Waals surface area contributed by atoms with Crippen molar-refractivity contribution in [3.63, 3.8) is 0 Å². The molecule has 0 aliphatic carbocycles. The van der Waals surface area contributed by atoms with E-state index in [2.05, 4.69) is 16.8 Å². The zero-order valence-corrected chi connectivity index (χ0v) is 11.3. The van der Waals surface area contributed by atoms with Gasteiger partial charge in [0, 0.05) is 9.90 Å². The number of benzene rings is 1. The van der Waals surface area contributed by atoms with Crippen molar-refractivity contribution in [3.05, 3.63) is 51.2 Å². The van der Waals surface area contributed by atoms with Gasteiger partial charge < -0.3 is 10.1 Å². The second kappa shape index (κ2) is 5.54. The lowest BCUT2D eigenvalue weighted by Gasteiger charge is -2.17. The molecule has 4 heteroatoms. The molecule has 1 atom stereocenters. The molecule has 17 heavy (non-hydrogen) atoms. The van der Waals surface area contributed by atoms with E-state index in [0.29, 0.717) is 0 Å². The monoisotopic (exact) mass is 267 g/mol. The van der Waals surface area contributed by atoms with Gasteiger partial charge in [-0.3, -0.25) is 0 Å². The number of hydrogen-bond donors (Lipinski definition) is 1. The van der Waals surface area contributed by atoms with E-state index in [0.717, 1.165) is 16.3 Å². The van der Waals surface area contributed by atoms with Crippen LogP contribution in [0.15, 0.2) is 35.7 Å². The Hall–Kier alpha value is -1.03. The number of methoxy groups -OCH3 is 1. The molecule has 0 fully saturated rings. The molecular formula is C13H14ClNOS. The van der Waals surface area contributed by atoms with Crippen molar-refractivity contribution < 1.29 is 4.74 Å². The van der Waals surface area contributed by atoms with Crippen molar-refractivity contribution in [2.75, 3.05) is 14.2 Å². The van der Waals surface area contributed by atoms with Crippen LogP contribution < -0.4 is 10.1 Å². The summed E-state index contributed by atoms with van der Waals surface area (Å²) in [6.45, 7) is 0. The summed E-state index contributed by atoms with van der Waals surface area (Å²) in [7, 11) is 3.57. The van der Waals surface area contributed by atoms with Gasteiger partial charge in [-0.2, -0.15) is 0 Å². The molecule has 2 aromatic rings. The Labute approximate surface area is 110 Å². The lowest BCUT2D eigenvalue weighted by molar-refractivity contribution is 0.414. The second-order valence-corrected chi connectivity index (χ2v) is 5.01. The zero-order chi connectivity index (χ0) is 12.3. The van der Waals surface area contributed by atoms with Crippen LogP contribution >= 0.6 is 22.9 Å². The van der Waals surface area contributed by atoms with Gasteiger partial charge in [0.15, 0.2) is 0 Å². The van der Waals surface area contributed by atoms with Gasteiger partial charge in [-0.05, 0) is 36.2 Å². The van der Waals surface area contributed by atoms with Gasteiger partial charge in [0.1, 0.15) is 5.75 Å². The van der Waals surface area contributed by atoms with E-state index in [1.165, 1.54) is 4.88 Å². The van der Waals surface area contributed by atoms with Crippen LogP contribution in [-0.4, -0.2) is 14.2 Å².